The van der Waals surface area contributed by atoms with Crippen LogP contribution in [0.4, 0.5) is 4.39 Å². The lowest BCUT2D eigenvalue weighted by Gasteiger charge is -2.04. The quantitative estimate of drug-likeness (QED) is 0.388. The summed E-state index contributed by atoms with van der Waals surface area (Å²) in [6, 6.07) is 10.8. The van der Waals surface area contributed by atoms with Crippen molar-refractivity contribution in [1.82, 2.24) is 0 Å². The van der Waals surface area contributed by atoms with Gasteiger partial charge in [-0.2, -0.15) is 4.36 Å². The Morgan fingerprint density at radius 3 is 2.13 bits per heavy atom. The SMILES string of the molecule is CS(=O)(=NC(=O)c1ccc(/C(N)=N/O)cc1)c1ccc(F)cc1. The van der Waals surface area contributed by atoms with E-state index in [0.717, 1.165) is 12.1 Å². The third-order valence-corrected chi connectivity index (χ3v) is 4.70. The zero-order chi connectivity index (χ0) is 17.0. The molecule has 0 aliphatic carbocycles. The summed E-state index contributed by atoms with van der Waals surface area (Å²) in [7, 11) is -2.99. The van der Waals surface area contributed by atoms with Crippen LogP contribution in [0.25, 0.3) is 0 Å². The van der Waals surface area contributed by atoms with Gasteiger partial charge in [-0.05, 0) is 36.4 Å². The minimum atomic E-state index is -2.99. The normalized spacial score (nSPS) is 14.1. The molecule has 3 N–H and O–H groups in total. The molecule has 0 saturated carbocycles. The molecule has 23 heavy (non-hydrogen) atoms. The van der Waals surface area contributed by atoms with Gasteiger partial charge in [0.15, 0.2) is 5.84 Å². The predicted molar refractivity (Wildman–Crippen MR) is 84.4 cm³/mol. The number of nitrogens with zero attached hydrogens (tertiary/aromatic N) is 2. The molecule has 1 amide bonds. The van der Waals surface area contributed by atoms with Gasteiger partial charge in [-0.15, -0.1) is 0 Å². The summed E-state index contributed by atoms with van der Waals surface area (Å²) in [6.45, 7) is 0. The van der Waals surface area contributed by atoms with Gasteiger partial charge in [0, 0.05) is 22.3 Å². The van der Waals surface area contributed by atoms with Gasteiger partial charge in [0.05, 0.1) is 9.73 Å². The molecule has 0 aromatic heterocycles. The van der Waals surface area contributed by atoms with Crippen molar-refractivity contribution in [2.45, 2.75) is 4.90 Å². The fraction of sp³-hybridized carbons (Fsp3) is 0.0667. The average molecular weight is 335 g/mol. The highest BCUT2D eigenvalue weighted by Crippen LogP contribution is 2.14. The number of nitrogens with two attached hydrogens (primary N) is 1. The highest BCUT2D eigenvalue weighted by Gasteiger charge is 2.12. The number of oxime groups is 1. The largest absolute Gasteiger partial charge is 0.409 e. The number of benzene rings is 2. The van der Waals surface area contributed by atoms with Crippen LogP contribution in [0.5, 0.6) is 0 Å². The third-order valence-electron chi connectivity index (χ3n) is 3.04. The highest BCUT2D eigenvalue weighted by atomic mass is 32.2. The summed E-state index contributed by atoms with van der Waals surface area (Å²) in [6.07, 6.45) is 1.31. The van der Waals surface area contributed by atoms with Crippen LogP contribution in [0.3, 0.4) is 0 Å². The Balaban J connectivity index is 2.33. The van der Waals surface area contributed by atoms with Crippen LogP contribution in [-0.4, -0.2) is 27.4 Å². The van der Waals surface area contributed by atoms with Crippen molar-refractivity contribution in [3.8, 4) is 0 Å². The van der Waals surface area contributed by atoms with E-state index >= 15 is 0 Å². The molecule has 120 valence electrons. The Morgan fingerprint density at radius 1 is 1.09 bits per heavy atom. The Kier molecular flexibility index (Phi) is 4.75. The van der Waals surface area contributed by atoms with Crippen LogP contribution in [-0.2, 0) is 9.73 Å². The number of rotatable bonds is 3. The van der Waals surface area contributed by atoms with Gasteiger partial charge in [-0.3, -0.25) is 4.79 Å². The standard InChI is InChI=1S/C15H14FN3O3S/c1-23(22,13-8-6-12(16)7-9-13)19-15(20)11-4-2-10(3-5-11)14(17)18-21/h2-9,21H,1H3,(H2,17,18). The summed E-state index contributed by atoms with van der Waals surface area (Å²) in [5.41, 5.74) is 6.06. The maximum absolute atomic E-state index is 12.9. The minimum absolute atomic E-state index is 0.0912. The molecule has 6 nitrogen and oxygen atoms in total. The number of hydrogen-bond acceptors (Lipinski definition) is 4. The first kappa shape index (κ1) is 16.6. The van der Waals surface area contributed by atoms with Gasteiger partial charge in [0.2, 0.25) is 0 Å². The molecule has 2 rings (SSSR count). The molecule has 0 spiro atoms. The molecule has 0 fully saturated rings. The molecule has 1 atom stereocenters. The molecule has 0 saturated heterocycles. The molecule has 1 unspecified atom stereocenters. The van der Waals surface area contributed by atoms with Crippen LogP contribution < -0.4 is 5.73 Å². The number of amidine groups is 1. The summed E-state index contributed by atoms with van der Waals surface area (Å²) in [5, 5.41) is 11.4. The molecular formula is C15H14FN3O3S. The summed E-state index contributed by atoms with van der Waals surface area (Å²) >= 11 is 0. The third kappa shape index (κ3) is 3.92. The Bertz CT molecular complexity index is 868. The maximum Gasteiger partial charge on any atom is 0.285 e. The Morgan fingerprint density at radius 2 is 1.61 bits per heavy atom. The highest BCUT2D eigenvalue weighted by molar-refractivity contribution is 7.93. The van der Waals surface area contributed by atoms with E-state index in [2.05, 4.69) is 9.52 Å². The molecule has 0 aliphatic rings. The molecule has 0 aliphatic heterocycles. The van der Waals surface area contributed by atoms with Gasteiger partial charge in [0.25, 0.3) is 5.91 Å². The second kappa shape index (κ2) is 6.57. The van der Waals surface area contributed by atoms with Crippen molar-refractivity contribution >= 4 is 21.5 Å². The van der Waals surface area contributed by atoms with Crippen molar-refractivity contribution in [2.24, 2.45) is 15.3 Å². The lowest BCUT2D eigenvalue weighted by Crippen LogP contribution is -2.13. The van der Waals surface area contributed by atoms with Gasteiger partial charge in [0.1, 0.15) is 5.82 Å². The minimum Gasteiger partial charge on any atom is -0.409 e. The first-order valence-corrected chi connectivity index (χ1v) is 8.36. The molecule has 8 heteroatoms. The summed E-state index contributed by atoms with van der Waals surface area (Å²) in [5.74, 6) is -1.23. The second-order valence-corrected chi connectivity index (χ2v) is 6.97. The molecule has 0 bridgehead atoms. The van der Waals surface area contributed by atoms with E-state index in [4.69, 9.17) is 10.9 Å². The summed E-state index contributed by atoms with van der Waals surface area (Å²) < 4.78 is 29.2. The monoisotopic (exact) mass is 335 g/mol. The first-order valence-electron chi connectivity index (χ1n) is 6.43. The lowest BCUT2D eigenvalue weighted by molar-refractivity contribution is 0.100. The van der Waals surface area contributed by atoms with E-state index in [0.29, 0.717) is 5.56 Å². The lowest BCUT2D eigenvalue weighted by atomic mass is 10.1. The van der Waals surface area contributed by atoms with Crippen LogP contribution in [0.1, 0.15) is 15.9 Å². The zero-order valence-corrected chi connectivity index (χ0v) is 13.0. The zero-order valence-electron chi connectivity index (χ0n) is 12.1. The fourth-order valence-corrected chi connectivity index (χ4v) is 2.96. The van der Waals surface area contributed by atoms with Crippen molar-refractivity contribution in [2.75, 3.05) is 6.26 Å². The fourth-order valence-electron chi connectivity index (χ4n) is 1.79. The first-order chi connectivity index (χ1) is 10.8. The van der Waals surface area contributed by atoms with Crippen molar-refractivity contribution in [3.63, 3.8) is 0 Å². The molecule has 2 aromatic rings. The van der Waals surface area contributed by atoms with Crippen molar-refractivity contribution in [3.05, 3.63) is 65.5 Å². The smallest absolute Gasteiger partial charge is 0.285 e. The molecule has 0 heterocycles. The van der Waals surface area contributed by atoms with Gasteiger partial charge in [-0.1, -0.05) is 17.3 Å². The maximum atomic E-state index is 12.9. The Labute approximate surface area is 132 Å². The average Bonchev–Trinajstić information content (AvgIpc) is 2.54. The molecule has 0 radical (unpaired) electrons. The molecule has 2 aromatic carbocycles. The van der Waals surface area contributed by atoms with E-state index < -0.39 is 21.5 Å². The van der Waals surface area contributed by atoms with Crippen molar-refractivity contribution in [1.29, 1.82) is 0 Å². The van der Waals surface area contributed by atoms with Crippen LogP contribution in [0.2, 0.25) is 0 Å². The van der Waals surface area contributed by atoms with Gasteiger partial charge in [-0.25, -0.2) is 8.60 Å². The summed E-state index contributed by atoms with van der Waals surface area (Å²) in [4.78, 5) is 12.4. The van der Waals surface area contributed by atoms with Crippen LogP contribution in [0, 0.1) is 5.82 Å². The Hall–Kier alpha value is -2.74. The molecular weight excluding hydrogens is 321 g/mol. The van der Waals surface area contributed by atoms with E-state index in [-0.39, 0.29) is 16.3 Å². The van der Waals surface area contributed by atoms with E-state index in [1.807, 2.05) is 0 Å². The number of carbonyl (C=O) groups excluding carboxylic acids is 1. The van der Waals surface area contributed by atoms with E-state index in [1.54, 1.807) is 0 Å². The van der Waals surface area contributed by atoms with Gasteiger partial charge >= 0.3 is 0 Å². The van der Waals surface area contributed by atoms with E-state index in [9.17, 15) is 13.4 Å². The predicted octanol–water partition coefficient (Wildman–Crippen LogP) is 2.22. The number of amides is 1. The van der Waals surface area contributed by atoms with Crippen LogP contribution in [0.15, 0.2) is 62.9 Å². The number of hydrogen-bond donors (Lipinski definition) is 2. The number of carbonyl (C=O) groups is 1. The second-order valence-electron chi connectivity index (χ2n) is 4.72. The number of halogens is 1. The van der Waals surface area contributed by atoms with Gasteiger partial charge < -0.3 is 10.9 Å². The topological polar surface area (TPSA) is 105 Å². The van der Waals surface area contributed by atoms with E-state index in [1.165, 1.54) is 42.7 Å². The van der Waals surface area contributed by atoms with Crippen molar-refractivity contribution < 1.29 is 18.6 Å². The van der Waals surface area contributed by atoms with Crippen LogP contribution >= 0.6 is 0 Å².